The van der Waals surface area contributed by atoms with Crippen molar-refractivity contribution in [2.75, 3.05) is 0 Å². The largest absolute Gasteiger partial charge is 0.508 e. The van der Waals surface area contributed by atoms with Crippen LogP contribution in [-0.2, 0) is 9.13 Å². The summed E-state index contributed by atoms with van der Waals surface area (Å²) in [5, 5.41) is 15.3. The van der Waals surface area contributed by atoms with Crippen molar-refractivity contribution in [3.05, 3.63) is 18.2 Å². The first-order valence-corrected chi connectivity index (χ1v) is 7.93. The van der Waals surface area contributed by atoms with Gasteiger partial charge in [0.1, 0.15) is 5.75 Å². The van der Waals surface area contributed by atoms with Crippen LogP contribution in [0.3, 0.4) is 0 Å². The van der Waals surface area contributed by atoms with Crippen LogP contribution in [0.4, 0.5) is 0 Å². The molecule has 11 heteroatoms. The van der Waals surface area contributed by atoms with Gasteiger partial charge in [0.05, 0.1) is 0 Å². The van der Waals surface area contributed by atoms with Crippen LogP contribution in [0.15, 0.2) is 18.2 Å². The van der Waals surface area contributed by atoms with E-state index in [0.29, 0.717) is 6.92 Å². The third kappa shape index (κ3) is 3.09. The van der Waals surface area contributed by atoms with Gasteiger partial charge < -0.3 is 34.5 Å². The Morgan fingerprint density at radius 1 is 1.05 bits per heavy atom. The van der Waals surface area contributed by atoms with E-state index in [4.69, 9.17) is 24.7 Å². The molecule has 1 aromatic rings. The molecule has 6 N–H and O–H groups in total. The number of hydrogen-bond donors (Lipinski definition) is 6. The Morgan fingerprint density at radius 3 is 1.89 bits per heavy atom. The van der Waals surface area contributed by atoms with Crippen LogP contribution in [0.25, 0.3) is 0 Å². The predicted octanol–water partition coefficient (Wildman–Crippen LogP) is 0.506. The molecule has 0 bridgehead atoms. The van der Waals surface area contributed by atoms with Gasteiger partial charge in [-0.15, -0.1) is 0 Å². The third-order valence-corrected chi connectivity index (χ3v) is 6.23. The highest BCUT2D eigenvalue weighted by atomic mass is 31.2. The summed E-state index contributed by atoms with van der Waals surface area (Å²) in [5.74, 6) is -1.68. The van der Waals surface area contributed by atoms with Crippen molar-refractivity contribution in [2.24, 2.45) is 0 Å². The summed E-state index contributed by atoms with van der Waals surface area (Å²) in [5.41, 5.74) is 0. The molecule has 108 valence electrons. The van der Waals surface area contributed by atoms with Gasteiger partial charge in [-0.1, -0.05) is 0 Å². The van der Waals surface area contributed by atoms with Crippen molar-refractivity contribution >= 4 is 15.2 Å². The van der Waals surface area contributed by atoms with E-state index in [1.807, 2.05) is 0 Å². The fraction of sp³-hybridized carbons (Fsp3) is 0.250. The van der Waals surface area contributed by atoms with E-state index in [-0.39, 0.29) is 5.75 Å². The van der Waals surface area contributed by atoms with Crippen molar-refractivity contribution < 1.29 is 43.7 Å². The zero-order valence-corrected chi connectivity index (χ0v) is 11.3. The summed E-state index contributed by atoms with van der Waals surface area (Å²) >= 11 is 0. The average Bonchev–Trinajstić information content (AvgIpc) is 2.18. The molecule has 0 atom stereocenters. The Kier molecular flexibility index (Phi) is 4.03. The summed E-state index contributed by atoms with van der Waals surface area (Å²) in [6.45, 7) is 0.529. The molecule has 0 fully saturated rings. The van der Waals surface area contributed by atoms with Crippen molar-refractivity contribution in [3.63, 3.8) is 0 Å². The minimum Gasteiger partial charge on any atom is -0.508 e. The van der Waals surface area contributed by atoms with E-state index in [0.717, 1.165) is 18.2 Å². The lowest BCUT2D eigenvalue weighted by molar-refractivity contribution is 0.162. The number of phenols is 2. The number of aromatic hydroxyl groups is 2. The van der Waals surface area contributed by atoms with Crippen LogP contribution < -0.4 is 4.74 Å². The molecular weight excluding hydrogens is 302 g/mol. The predicted molar refractivity (Wildman–Crippen MR) is 62.9 cm³/mol. The molecule has 0 radical (unpaired) electrons. The van der Waals surface area contributed by atoms with Crippen LogP contribution in [0, 0.1) is 0 Å². The SMILES string of the molecule is CC(Oc1ccc(O)cc1O)(P(=O)(O)O)P(=O)(O)O. The van der Waals surface area contributed by atoms with Crippen molar-refractivity contribution in [1.82, 2.24) is 0 Å². The summed E-state index contributed by atoms with van der Waals surface area (Å²) in [7, 11) is -10.7. The standard InChI is InChI=1S/C8H12O9P2/c1-8(18(11,12)13,19(14,15)16)17-7-3-2-5(9)4-6(7)10/h2-4,9-10H,1H3,(H2,11,12,13)(H2,14,15,16). The number of rotatable bonds is 4. The second kappa shape index (κ2) is 4.79. The van der Waals surface area contributed by atoms with Gasteiger partial charge in [-0.05, 0) is 19.1 Å². The maximum absolute atomic E-state index is 11.2. The van der Waals surface area contributed by atoms with Gasteiger partial charge in [0.15, 0.2) is 11.5 Å². The van der Waals surface area contributed by atoms with Gasteiger partial charge in [0, 0.05) is 6.07 Å². The van der Waals surface area contributed by atoms with E-state index in [1.54, 1.807) is 0 Å². The van der Waals surface area contributed by atoms with E-state index in [1.165, 1.54) is 0 Å². The zero-order valence-electron chi connectivity index (χ0n) is 9.53. The van der Waals surface area contributed by atoms with E-state index < -0.39 is 31.8 Å². The third-order valence-electron chi connectivity index (χ3n) is 2.33. The van der Waals surface area contributed by atoms with Crippen LogP contribution in [0.5, 0.6) is 17.2 Å². The number of ether oxygens (including phenoxy) is 1. The Morgan fingerprint density at radius 2 is 1.53 bits per heavy atom. The molecule has 0 saturated heterocycles. The van der Waals surface area contributed by atoms with Gasteiger partial charge in [-0.25, -0.2) is 0 Å². The van der Waals surface area contributed by atoms with Gasteiger partial charge in [-0.3, -0.25) is 9.13 Å². The van der Waals surface area contributed by atoms with Crippen LogP contribution in [0.2, 0.25) is 0 Å². The van der Waals surface area contributed by atoms with Crippen LogP contribution in [0.1, 0.15) is 6.92 Å². The van der Waals surface area contributed by atoms with Gasteiger partial charge >= 0.3 is 20.3 Å². The number of hydrogen-bond acceptors (Lipinski definition) is 5. The fourth-order valence-corrected chi connectivity index (χ4v) is 2.88. The normalized spacial score (nSPS) is 13.3. The molecule has 0 aliphatic carbocycles. The lowest BCUT2D eigenvalue weighted by Crippen LogP contribution is -2.32. The highest BCUT2D eigenvalue weighted by Gasteiger charge is 2.59. The molecular formula is C8H12O9P2. The smallest absolute Gasteiger partial charge is 0.381 e. The first kappa shape index (κ1) is 16.0. The number of benzene rings is 1. The second-order valence-electron chi connectivity index (χ2n) is 3.78. The molecule has 1 aromatic carbocycles. The fourth-order valence-electron chi connectivity index (χ4n) is 1.09. The minimum atomic E-state index is -5.37. The molecule has 0 heterocycles. The first-order chi connectivity index (χ1) is 8.38. The molecule has 9 nitrogen and oxygen atoms in total. The maximum atomic E-state index is 11.2. The van der Waals surface area contributed by atoms with Crippen molar-refractivity contribution in [1.29, 1.82) is 0 Å². The van der Waals surface area contributed by atoms with Crippen molar-refractivity contribution in [2.45, 2.75) is 12.0 Å². The Hall–Kier alpha value is -1.08. The lowest BCUT2D eigenvalue weighted by atomic mass is 10.3. The minimum absolute atomic E-state index is 0.362. The maximum Gasteiger partial charge on any atom is 0.381 e. The molecule has 0 aliphatic rings. The molecule has 0 amide bonds. The highest BCUT2D eigenvalue weighted by Crippen LogP contribution is 2.69. The molecule has 19 heavy (non-hydrogen) atoms. The molecule has 0 aliphatic heterocycles. The quantitative estimate of drug-likeness (QED) is 0.434. The Labute approximate surface area is 107 Å². The van der Waals surface area contributed by atoms with Gasteiger partial charge in [-0.2, -0.15) is 0 Å². The zero-order chi connectivity index (χ0) is 15.1. The second-order valence-corrected chi connectivity index (χ2v) is 8.01. The first-order valence-electron chi connectivity index (χ1n) is 4.71. The van der Waals surface area contributed by atoms with Gasteiger partial charge in [0.2, 0.25) is 0 Å². The summed E-state index contributed by atoms with van der Waals surface area (Å²) in [6, 6.07) is 2.71. The summed E-state index contributed by atoms with van der Waals surface area (Å²) in [6.07, 6.45) is 0. The summed E-state index contributed by atoms with van der Waals surface area (Å²) in [4.78, 5) is 36.2. The monoisotopic (exact) mass is 314 g/mol. The molecule has 0 aromatic heterocycles. The molecule has 0 unspecified atom stereocenters. The van der Waals surface area contributed by atoms with E-state index in [9.17, 15) is 14.2 Å². The van der Waals surface area contributed by atoms with E-state index in [2.05, 4.69) is 4.74 Å². The molecule has 0 saturated carbocycles. The lowest BCUT2D eigenvalue weighted by Gasteiger charge is -2.31. The Bertz CT molecular complexity index is 550. The number of phenolic OH excluding ortho intramolecular Hbond substituents is 2. The van der Waals surface area contributed by atoms with Crippen LogP contribution >= 0.6 is 15.2 Å². The molecule has 0 spiro atoms. The van der Waals surface area contributed by atoms with Gasteiger partial charge in [0.25, 0.3) is 0 Å². The summed E-state index contributed by atoms with van der Waals surface area (Å²) < 4.78 is 27.1. The topological polar surface area (TPSA) is 165 Å². The average molecular weight is 314 g/mol. The van der Waals surface area contributed by atoms with Crippen molar-refractivity contribution in [3.8, 4) is 17.2 Å². The highest BCUT2D eigenvalue weighted by molar-refractivity contribution is 7.72. The van der Waals surface area contributed by atoms with Crippen LogP contribution in [-0.4, -0.2) is 34.9 Å². The Balaban J connectivity index is 3.32. The van der Waals surface area contributed by atoms with E-state index >= 15 is 0 Å². The molecule has 1 rings (SSSR count).